The molecule has 0 fully saturated rings. The number of carbonyl (C=O) groups is 1. The fraction of sp³-hybridized carbons (Fsp3) is 0.0769. The molecule has 0 atom stereocenters. The molecule has 2 N–H and O–H groups in total. The summed E-state index contributed by atoms with van der Waals surface area (Å²) in [6, 6.07) is 9.04. The van der Waals surface area contributed by atoms with Gasteiger partial charge in [0.15, 0.2) is 0 Å². The molecular weight excluding hydrogens is 244 g/mol. The molecule has 1 aromatic heterocycles. The van der Waals surface area contributed by atoms with Crippen LogP contribution in [0.3, 0.4) is 0 Å². The van der Waals surface area contributed by atoms with Crippen molar-refractivity contribution in [1.82, 2.24) is 9.97 Å². The molecule has 0 aliphatic rings. The van der Waals surface area contributed by atoms with Gasteiger partial charge < -0.3 is 10.4 Å². The van der Waals surface area contributed by atoms with Crippen molar-refractivity contribution in [2.45, 2.75) is 6.54 Å². The quantitative estimate of drug-likeness (QED) is 0.860. The molecule has 1 aromatic carbocycles. The Morgan fingerprint density at radius 2 is 2.21 bits per heavy atom. The van der Waals surface area contributed by atoms with Crippen LogP contribution in [0.2, 0.25) is 0 Å². The van der Waals surface area contributed by atoms with E-state index in [1.165, 1.54) is 12.5 Å². The van der Waals surface area contributed by atoms with E-state index in [0.29, 0.717) is 16.9 Å². The van der Waals surface area contributed by atoms with Crippen molar-refractivity contribution in [2.75, 3.05) is 5.32 Å². The van der Waals surface area contributed by atoms with E-state index in [1.54, 1.807) is 24.3 Å². The van der Waals surface area contributed by atoms with Gasteiger partial charge in [-0.15, -0.1) is 0 Å². The average molecular weight is 254 g/mol. The largest absolute Gasteiger partial charge is 0.478 e. The van der Waals surface area contributed by atoms with E-state index in [2.05, 4.69) is 21.4 Å². The number of para-hydroxylation sites is 1. The molecule has 1 heterocycles. The van der Waals surface area contributed by atoms with Crippen LogP contribution in [0.1, 0.15) is 21.6 Å². The van der Waals surface area contributed by atoms with Gasteiger partial charge in [-0.25, -0.2) is 14.8 Å². The lowest BCUT2D eigenvalue weighted by molar-refractivity contribution is 0.0694. The number of nitrogens with zero attached hydrogens (tertiary/aromatic N) is 3. The van der Waals surface area contributed by atoms with Crippen LogP contribution in [0.5, 0.6) is 0 Å². The first kappa shape index (κ1) is 12.5. The number of nitriles is 1. The van der Waals surface area contributed by atoms with Crippen LogP contribution in [0, 0.1) is 11.3 Å². The van der Waals surface area contributed by atoms with E-state index >= 15 is 0 Å². The Morgan fingerprint density at radius 3 is 2.95 bits per heavy atom. The van der Waals surface area contributed by atoms with Crippen LogP contribution in [0.25, 0.3) is 0 Å². The average Bonchev–Trinajstić information content (AvgIpc) is 2.45. The second-order valence-corrected chi connectivity index (χ2v) is 3.70. The molecule has 6 heteroatoms. The number of carboxylic acids is 1. The number of carboxylic acid groups (broad SMARTS) is 1. The molecule has 0 saturated heterocycles. The third-order valence-corrected chi connectivity index (χ3v) is 2.52. The molecule has 19 heavy (non-hydrogen) atoms. The Hall–Kier alpha value is -2.94. The first-order valence-corrected chi connectivity index (χ1v) is 5.47. The first-order valence-electron chi connectivity index (χ1n) is 5.47. The minimum atomic E-state index is -1.08. The van der Waals surface area contributed by atoms with Gasteiger partial charge in [-0.1, -0.05) is 12.1 Å². The Labute approximate surface area is 109 Å². The van der Waals surface area contributed by atoms with Crippen molar-refractivity contribution < 1.29 is 9.90 Å². The molecule has 0 radical (unpaired) electrons. The van der Waals surface area contributed by atoms with Crippen LogP contribution < -0.4 is 5.32 Å². The lowest BCUT2D eigenvalue weighted by Gasteiger charge is -2.08. The summed E-state index contributed by atoms with van der Waals surface area (Å²) in [5, 5.41) is 21.0. The van der Waals surface area contributed by atoms with Crippen molar-refractivity contribution in [2.24, 2.45) is 0 Å². The van der Waals surface area contributed by atoms with Gasteiger partial charge in [0.25, 0.3) is 0 Å². The van der Waals surface area contributed by atoms with Crippen LogP contribution in [0.4, 0.5) is 5.69 Å². The Kier molecular flexibility index (Phi) is 3.69. The van der Waals surface area contributed by atoms with Crippen molar-refractivity contribution in [3.63, 3.8) is 0 Å². The predicted molar refractivity (Wildman–Crippen MR) is 67.5 cm³/mol. The van der Waals surface area contributed by atoms with E-state index in [-0.39, 0.29) is 12.1 Å². The number of rotatable bonds is 4. The normalized spacial score (nSPS) is 9.63. The van der Waals surface area contributed by atoms with Gasteiger partial charge in [0.1, 0.15) is 18.0 Å². The monoisotopic (exact) mass is 254 g/mol. The maximum absolute atomic E-state index is 11.0. The summed E-state index contributed by atoms with van der Waals surface area (Å²) < 4.78 is 0. The second-order valence-electron chi connectivity index (χ2n) is 3.70. The second kappa shape index (κ2) is 5.60. The Balaban J connectivity index is 2.20. The highest BCUT2D eigenvalue weighted by atomic mass is 16.4. The highest BCUT2D eigenvalue weighted by molar-refractivity contribution is 5.88. The number of aromatic carboxylic acids is 1. The van der Waals surface area contributed by atoms with Crippen molar-refractivity contribution >= 4 is 11.7 Å². The summed E-state index contributed by atoms with van der Waals surface area (Å²) in [5.74, 6) is -1.08. The molecule has 0 spiro atoms. The van der Waals surface area contributed by atoms with Gasteiger partial charge in [-0.05, 0) is 12.1 Å². The van der Waals surface area contributed by atoms with Gasteiger partial charge in [-0.2, -0.15) is 5.26 Å². The standard InChI is InChI=1S/C13H10N4O2/c14-5-9-3-1-2-4-11(9)16-7-12-10(13(18)19)6-15-8-17-12/h1-4,6,8,16H,7H2,(H,18,19). The molecule has 2 aromatic rings. The molecule has 6 nitrogen and oxygen atoms in total. The Bertz CT molecular complexity index is 649. The predicted octanol–water partition coefficient (Wildman–Crippen LogP) is 1.66. The SMILES string of the molecule is N#Cc1ccccc1NCc1ncncc1C(=O)O. The molecule has 0 saturated carbocycles. The highest BCUT2D eigenvalue weighted by Crippen LogP contribution is 2.15. The van der Waals surface area contributed by atoms with Gasteiger partial charge in [0, 0.05) is 6.20 Å². The molecule has 94 valence electrons. The van der Waals surface area contributed by atoms with Crippen LogP contribution in [-0.2, 0) is 6.54 Å². The third kappa shape index (κ3) is 2.84. The van der Waals surface area contributed by atoms with Crippen molar-refractivity contribution in [1.29, 1.82) is 5.26 Å². The minimum Gasteiger partial charge on any atom is -0.478 e. The van der Waals surface area contributed by atoms with Gasteiger partial charge in [-0.3, -0.25) is 0 Å². The number of hydrogen-bond acceptors (Lipinski definition) is 5. The summed E-state index contributed by atoms with van der Waals surface area (Å²) in [5.41, 5.74) is 1.55. The molecule has 0 aliphatic carbocycles. The minimum absolute atomic E-state index is 0.0458. The molecule has 0 aliphatic heterocycles. The smallest absolute Gasteiger partial charge is 0.339 e. The van der Waals surface area contributed by atoms with Crippen LogP contribution in [-0.4, -0.2) is 21.0 Å². The molecule has 0 amide bonds. The van der Waals surface area contributed by atoms with E-state index in [9.17, 15) is 4.79 Å². The summed E-state index contributed by atoms with van der Waals surface area (Å²) in [6.07, 6.45) is 2.54. The van der Waals surface area contributed by atoms with Gasteiger partial charge in [0.05, 0.1) is 23.5 Å². The zero-order chi connectivity index (χ0) is 13.7. The van der Waals surface area contributed by atoms with E-state index < -0.39 is 5.97 Å². The topological polar surface area (TPSA) is 98.9 Å². The zero-order valence-electron chi connectivity index (χ0n) is 9.87. The number of benzene rings is 1. The number of hydrogen-bond donors (Lipinski definition) is 2. The number of nitrogens with one attached hydrogen (secondary N) is 1. The maximum Gasteiger partial charge on any atom is 0.339 e. The number of aromatic nitrogens is 2. The summed E-state index contributed by atoms with van der Waals surface area (Å²) in [6.45, 7) is 0.211. The third-order valence-electron chi connectivity index (χ3n) is 2.52. The van der Waals surface area contributed by atoms with E-state index in [1.807, 2.05) is 0 Å². The van der Waals surface area contributed by atoms with Crippen LogP contribution >= 0.6 is 0 Å². The summed E-state index contributed by atoms with van der Waals surface area (Å²) >= 11 is 0. The zero-order valence-corrected chi connectivity index (χ0v) is 9.87. The fourth-order valence-corrected chi connectivity index (χ4v) is 1.59. The van der Waals surface area contributed by atoms with E-state index in [4.69, 9.17) is 10.4 Å². The summed E-state index contributed by atoms with van der Waals surface area (Å²) in [7, 11) is 0. The van der Waals surface area contributed by atoms with Crippen molar-refractivity contribution in [3.05, 3.63) is 53.6 Å². The molecule has 2 rings (SSSR count). The number of anilines is 1. The molecule has 0 unspecified atom stereocenters. The van der Waals surface area contributed by atoms with Gasteiger partial charge in [0.2, 0.25) is 0 Å². The first-order chi connectivity index (χ1) is 9.22. The van der Waals surface area contributed by atoms with Crippen molar-refractivity contribution in [3.8, 4) is 6.07 Å². The molecule has 0 bridgehead atoms. The lowest BCUT2D eigenvalue weighted by atomic mass is 10.2. The maximum atomic E-state index is 11.0. The highest BCUT2D eigenvalue weighted by Gasteiger charge is 2.11. The molecular formula is C13H10N4O2. The van der Waals surface area contributed by atoms with Gasteiger partial charge >= 0.3 is 5.97 Å². The fourth-order valence-electron chi connectivity index (χ4n) is 1.59. The lowest BCUT2D eigenvalue weighted by Crippen LogP contribution is -2.10. The van der Waals surface area contributed by atoms with E-state index in [0.717, 1.165) is 0 Å². The Morgan fingerprint density at radius 1 is 1.42 bits per heavy atom. The summed E-state index contributed by atoms with van der Waals surface area (Å²) in [4.78, 5) is 18.6. The van der Waals surface area contributed by atoms with Crippen LogP contribution in [0.15, 0.2) is 36.8 Å².